The Balaban J connectivity index is 1.50. The fourth-order valence-electron chi connectivity index (χ4n) is 3.38. The van der Waals surface area contributed by atoms with Crippen molar-refractivity contribution in [3.05, 3.63) is 24.3 Å². The molecule has 0 spiro atoms. The van der Waals surface area contributed by atoms with Crippen molar-refractivity contribution in [2.24, 2.45) is 5.92 Å². The van der Waals surface area contributed by atoms with Crippen molar-refractivity contribution >= 4 is 51.4 Å². The summed E-state index contributed by atoms with van der Waals surface area (Å²) in [6.07, 6.45) is 4.59. The summed E-state index contributed by atoms with van der Waals surface area (Å²) in [6, 6.07) is 7.76. The summed E-state index contributed by atoms with van der Waals surface area (Å²) < 4.78 is 0.754. The van der Waals surface area contributed by atoms with Crippen LogP contribution in [0, 0.1) is 5.92 Å². The van der Waals surface area contributed by atoms with Gasteiger partial charge in [0, 0.05) is 31.4 Å². The number of hydrogen-bond donors (Lipinski definition) is 2. The van der Waals surface area contributed by atoms with Crippen molar-refractivity contribution in [1.29, 1.82) is 0 Å². The Bertz CT molecular complexity index is 849. The Hall–Kier alpha value is -2.13. The Morgan fingerprint density at radius 3 is 2.66 bits per heavy atom. The van der Waals surface area contributed by atoms with E-state index < -0.39 is 0 Å². The lowest BCUT2D eigenvalue weighted by Gasteiger charge is -2.33. The molecule has 0 atom stereocenters. The van der Waals surface area contributed by atoms with E-state index in [2.05, 4.69) is 27.8 Å². The highest BCUT2D eigenvalue weighted by molar-refractivity contribution is 8.01. The SMILES string of the molecule is CC(=O)Nc1cccc(Nc2nnc(SCC(=O)N(C)C3CCC(C)CC3)s2)c1. The smallest absolute Gasteiger partial charge is 0.233 e. The summed E-state index contributed by atoms with van der Waals surface area (Å²) in [5.74, 6) is 1.17. The largest absolute Gasteiger partial charge is 0.342 e. The summed E-state index contributed by atoms with van der Waals surface area (Å²) in [5, 5.41) is 14.9. The van der Waals surface area contributed by atoms with Gasteiger partial charge < -0.3 is 15.5 Å². The van der Waals surface area contributed by atoms with E-state index in [-0.39, 0.29) is 11.8 Å². The maximum Gasteiger partial charge on any atom is 0.233 e. The standard InChI is InChI=1S/C20H27N5O2S2/c1-13-7-9-17(10-8-13)25(3)18(27)12-28-20-24-23-19(29-20)22-16-6-4-5-15(11-16)21-14(2)26/h4-6,11,13,17H,7-10,12H2,1-3H3,(H,21,26)(H,22,23). The number of anilines is 3. The van der Waals surface area contributed by atoms with E-state index in [1.165, 1.54) is 42.9 Å². The van der Waals surface area contributed by atoms with E-state index in [0.29, 0.717) is 22.6 Å². The third kappa shape index (κ3) is 6.43. The second kappa shape index (κ2) is 10.1. The highest BCUT2D eigenvalue weighted by Gasteiger charge is 2.24. The van der Waals surface area contributed by atoms with Gasteiger partial charge in [0.05, 0.1) is 5.75 Å². The molecule has 3 rings (SSSR count). The van der Waals surface area contributed by atoms with Crippen LogP contribution < -0.4 is 10.6 Å². The summed E-state index contributed by atoms with van der Waals surface area (Å²) in [7, 11) is 1.92. The van der Waals surface area contributed by atoms with Crippen LogP contribution in [0.1, 0.15) is 39.5 Å². The molecule has 1 aliphatic rings. The van der Waals surface area contributed by atoms with Crippen molar-refractivity contribution < 1.29 is 9.59 Å². The molecular weight excluding hydrogens is 406 g/mol. The molecule has 1 heterocycles. The van der Waals surface area contributed by atoms with Gasteiger partial charge in [0.15, 0.2) is 4.34 Å². The van der Waals surface area contributed by atoms with E-state index in [4.69, 9.17) is 0 Å². The van der Waals surface area contributed by atoms with Crippen LogP contribution in [0.5, 0.6) is 0 Å². The first-order valence-corrected chi connectivity index (χ1v) is 11.6. The monoisotopic (exact) mass is 433 g/mol. The second-order valence-electron chi connectivity index (χ2n) is 7.47. The molecule has 1 aromatic carbocycles. The van der Waals surface area contributed by atoms with Crippen LogP contribution in [0.15, 0.2) is 28.6 Å². The predicted octanol–water partition coefficient (Wildman–Crippen LogP) is 4.37. The Morgan fingerprint density at radius 2 is 1.93 bits per heavy atom. The minimum Gasteiger partial charge on any atom is -0.342 e. The van der Waals surface area contributed by atoms with Gasteiger partial charge in [-0.3, -0.25) is 9.59 Å². The zero-order valence-electron chi connectivity index (χ0n) is 17.0. The fourth-order valence-corrected chi connectivity index (χ4v) is 5.07. The van der Waals surface area contributed by atoms with Crippen LogP contribution in [-0.2, 0) is 9.59 Å². The molecule has 2 N–H and O–H groups in total. The lowest BCUT2D eigenvalue weighted by Crippen LogP contribution is -2.40. The highest BCUT2D eigenvalue weighted by Crippen LogP contribution is 2.30. The molecule has 0 bridgehead atoms. The van der Waals surface area contributed by atoms with Crippen LogP contribution in [0.25, 0.3) is 0 Å². The molecule has 0 aliphatic heterocycles. The summed E-state index contributed by atoms with van der Waals surface area (Å²) in [6.45, 7) is 3.76. The quantitative estimate of drug-likeness (QED) is 0.631. The van der Waals surface area contributed by atoms with Crippen LogP contribution in [0.2, 0.25) is 0 Å². The number of carbonyl (C=O) groups is 2. The first kappa shape index (κ1) is 21.6. The molecule has 1 aliphatic carbocycles. The number of hydrogen-bond acceptors (Lipinski definition) is 7. The molecule has 29 heavy (non-hydrogen) atoms. The zero-order valence-corrected chi connectivity index (χ0v) is 18.6. The summed E-state index contributed by atoms with van der Waals surface area (Å²) in [4.78, 5) is 25.6. The first-order valence-electron chi connectivity index (χ1n) is 9.77. The van der Waals surface area contributed by atoms with Gasteiger partial charge in [-0.15, -0.1) is 10.2 Å². The molecule has 0 radical (unpaired) electrons. The number of thioether (sulfide) groups is 1. The maximum atomic E-state index is 12.5. The molecule has 1 saturated carbocycles. The van der Waals surface area contributed by atoms with Gasteiger partial charge in [-0.25, -0.2) is 0 Å². The Kier molecular flexibility index (Phi) is 7.49. The van der Waals surface area contributed by atoms with Crippen molar-refractivity contribution in [3.63, 3.8) is 0 Å². The summed E-state index contributed by atoms with van der Waals surface area (Å²) >= 11 is 2.83. The minimum absolute atomic E-state index is 0.117. The number of nitrogens with one attached hydrogen (secondary N) is 2. The normalized spacial score (nSPS) is 18.9. The van der Waals surface area contributed by atoms with Gasteiger partial charge in [-0.05, 0) is 49.8 Å². The lowest BCUT2D eigenvalue weighted by atomic mass is 9.87. The minimum atomic E-state index is -0.117. The zero-order chi connectivity index (χ0) is 20.8. The van der Waals surface area contributed by atoms with Crippen LogP contribution >= 0.6 is 23.1 Å². The number of rotatable bonds is 7. The average Bonchev–Trinajstić information content (AvgIpc) is 3.13. The van der Waals surface area contributed by atoms with Gasteiger partial charge >= 0.3 is 0 Å². The third-order valence-corrected chi connectivity index (χ3v) is 7.04. The topological polar surface area (TPSA) is 87.2 Å². The van der Waals surface area contributed by atoms with E-state index >= 15 is 0 Å². The van der Waals surface area contributed by atoms with Crippen LogP contribution in [-0.4, -0.2) is 45.8 Å². The first-order chi connectivity index (χ1) is 13.9. The van der Waals surface area contributed by atoms with Gasteiger partial charge in [0.25, 0.3) is 0 Å². The van der Waals surface area contributed by atoms with Gasteiger partial charge in [0.2, 0.25) is 16.9 Å². The number of amides is 2. The predicted molar refractivity (Wildman–Crippen MR) is 119 cm³/mol. The average molecular weight is 434 g/mol. The van der Waals surface area contributed by atoms with Crippen LogP contribution in [0.4, 0.5) is 16.5 Å². The molecule has 9 heteroatoms. The van der Waals surface area contributed by atoms with Gasteiger partial charge in [-0.2, -0.15) is 0 Å². The number of aromatic nitrogens is 2. The molecule has 0 unspecified atom stereocenters. The van der Waals surface area contributed by atoms with E-state index in [9.17, 15) is 9.59 Å². The molecule has 1 aromatic heterocycles. The summed E-state index contributed by atoms with van der Waals surface area (Å²) in [5.41, 5.74) is 1.53. The maximum absolute atomic E-state index is 12.5. The van der Waals surface area contributed by atoms with Crippen LogP contribution in [0.3, 0.4) is 0 Å². The molecule has 2 amide bonds. The Morgan fingerprint density at radius 1 is 1.21 bits per heavy atom. The van der Waals surface area contributed by atoms with E-state index in [0.717, 1.165) is 28.8 Å². The van der Waals surface area contributed by atoms with Crippen molar-refractivity contribution in [2.45, 2.75) is 49.9 Å². The third-order valence-electron chi connectivity index (χ3n) is 5.09. The fraction of sp³-hybridized carbons (Fsp3) is 0.500. The van der Waals surface area contributed by atoms with Crippen molar-refractivity contribution in [1.82, 2.24) is 15.1 Å². The molecular formula is C20H27N5O2S2. The van der Waals surface area contributed by atoms with Gasteiger partial charge in [0.1, 0.15) is 0 Å². The highest BCUT2D eigenvalue weighted by atomic mass is 32.2. The van der Waals surface area contributed by atoms with Crippen molar-refractivity contribution in [2.75, 3.05) is 23.4 Å². The molecule has 0 saturated heterocycles. The number of carbonyl (C=O) groups excluding carboxylic acids is 2. The molecule has 7 nitrogen and oxygen atoms in total. The Labute approximate surface area is 179 Å². The number of nitrogens with zero attached hydrogens (tertiary/aromatic N) is 3. The second-order valence-corrected chi connectivity index (χ2v) is 9.67. The molecule has 2 aromatic rings. The van der Waals surface area contributed by atoms with E-state index in [1.54, 1.807) is 0 Å². The molecule has 1 fully saturated rings. The van der Waals surface area contributed by atoms with Gasteiger partial charge in [-0.1, -0.05) is 36.1 Å². The lowest BCUT2D eigenvalue weighted by molar-refractivity contribution is -0.129. The van der Waals surface area contributed by atoms with E-state index in [1.807, 2.05) is 36.2 Å². The number of benzene rings is 1. The van der Waals surface area contributed by atoms with Crippen molar-refractivity contribution in [3.8, 4) is 0 Å². The molecule has 156 valence electrons.